The molecule has 0 aliphatic heterocycles. The van der Waals surface area contributed by atoms with Crippen LogP contribution in [-0.4, -0.2) is 17.9 Å². The molecular weight excluding hydrogens is 339 g/mol. The Bertz CT molecular complexity index is 466. The summed E-state index contributed by atoms with van der Waals surface area (Å²) in [6, 6.07) is 3.43. The van der Waals surface area contributed by atoms with Gasteiger partial charge in [0.15, 0.2) is 6.04 Å². The molecule has 0 saturated heterocycles. The van der Waals surface area contributed by atoms with Crippen LogP contribution in [0.1, 0.15) is 32.4 Å². The van der Waals surface area contributed by atoms with E-state index in [-0.39, 0.29) is 5.56 Å². The zero-order chi connectivity index (χ0) is 15.6. The fourth-order valence-electron chi connectivity index (χ4n) is 1.43. The van der Waals surface area contributed by atoms with Crippen molar-refractivity contribution in [2.75, 3.05) is 0 Å². The number of halogens is 4. The normalized spacial score (nSPS) is 13.8. The van der Waals surface area contributed by atoms with Gasteiger partial charge in [0.05, 0.1) is 0 Å². The Kier molecular flexibility index (Phi) is 5.07. The molecule has 1 rings (SSSR count). The number of amides is 1. The van der Waals surface area contributed by atoms with Crippen LogP contribution in [0.2, 0.25) is 0 Å². The Morgan fingerprint density at radius 1 is 1.20 bits per heavy atom. The van der Waals surface area contributed by atoms with Crippen LogP contribution in [0.3, 0.4) is 0 Å². The second kappa shape index (κ2) is 6.03. The van der Waals surface area contributed by atoms with E-state index in [2.05, 4.69) is 15.9 Å². The van der Waals surface area contributed by atoms with Crippen molar-refractivity contribution in [1.82, 2.24) is 5.32 Å². The van der Waals surface area contributed by atoms with Crippen LogP contribution in [0.5, 0.6) is 0 Å². The molecule has 7 heteroatoms. The molecule has 1 N–H and O–H groups in total. The second-order valence-electron chi connectivity index (χ2n) is 5.17. The number of benzene rings is 1. The Balaban J connectivity index is 2.92. The first kappa shape index (κ1) is 16.8. The predicted molar refractivity (Wildman–Crippen MR) is 72.3 cm³/mol. The van der Waals surface area contributed by atoms with Crippen molar-refractivity contribution in [3.05, 3.63) is 34.3 Å². The van der Waals surface area contributed by atoms with Crippen LogP contribution in [0.25, 0.3) is 0 Å². The van der Waals surface area contributed by atoms with Gasteiger partial charge in [-0.2, -0.15) is 13.2 Å². The minimum absolute atomic E-state index is 0.0634. The van der Waals surface area contributed by atoms with Crippen LogP contribution >= 0.6 is 15.9 Å². The predicted octanol–water partition coefficient (Wildman–Crippen LogP) is 4.58. The van der Waals surface area contributed by atoms with E-state index < -0.39 is 23.9 Å². The molecule has 0 heterocycles. The molecule has 0 spiro atoms. The van der Waals surface area contributed by atoms with Gasteiger partial charge in [-0.15, -0.1) is 0 Å². The first-order valence-electron chi connectivity index (χ1n) is 5.81. The summed E-state index contributed by atoms with van der Waals surface area (Å²) in [6.07, 6.45) is -5.71. The molecule has 0 aliphatic carbocycles. The molecule has 0 unspecified atom stereocenters. The van der Waals surface area contributed by atoms with Gasteiger partial charge in [-0.1, -0.05) is 28.1 Å². The van der Waals surface area contributed by atoms with Crippen molar-refractivity contribution in [1.29, 1.82) is 0 Å². The largest absolute Gasteiger partial charge is 0.444 e. The molecule has 1 amide bonds. The first-order valence-corrected chi connectivity index (χ1v) is 6.60. The molecule has 0 saturated carbocycles. The maximum Gasteiger partial charge on any atom is 0.412 e. The molecule has 1 aromatic rings. The fourth-order valence-corrected chi connectivity index (χ4v) is 1.70. The maximum absolute atomic E-state index is 13.0. The minimum Gasteiger partial charge on any atom is -0.444 e. The zero-order valence-corrected chi connectivity index (χ0v) is 12.8. The Labute approximate surface area is 123 Å². The number of ether oxygens (including phenoxy) is 1. The highest BCUT2D eigenvalue weighted by atomic mass is 79.9. The molecule has 20 heavy (non-hydrogen) atoms. The summed E-state index contributed by atoms with van der Waals surface area (Å²) in [5, 5.41) is 1.85. The summed E-state index contributed by atoms with van der Waals surface area (Å²) in [5.41, 5.74) is -0.925. The number of carbonyl (C=O) groups is 1. The van der Waals surface area contributed by atoms with Crippen LogP contribution in [-0.2, 0) is 4.74 Å². The van der Waals surface area contributed by atoms with E-state index in [1.807, 2.05) is 5.32 Å². The Morgan fingerprint density at radius 2 is 1.70 bits per heavy atom. The average molecular weight is 354 g/mol. The fraction of sp³-hybridized carbons (Fsp3) is 0.462. The van der Waals surface area contributed by atoms with Crippen LogP contribution in [0.4, 0.5) is 18.0 Å². The van der Waals surface area contributed by atoms with E-state index in [4.69, 9.17) is 4.74 Å². The highest BCUT2D eigenvalue weighted by Gasteiger charge is 2.42. The lowest BCUT2D eigenvalue weighted by Crippen LogP contribution is -2.41. The quantitative estimate of drug-likeness (QED) is 0.845. The molecule has 0 aromatic heterocycles. The van der Waals surface area contributed by atoms with Crippen molar-refractivity contribution in [2.24, 2.45) is 0 Å². The van der Waals surface area contributed by atoms with E-state index in [0.717, 1.165) is 0 Å². The van der Waals surface area contributed by atoms with Crippen LogP contribution in [0, 0.1) is 0 Å². The van der Waals surface area contributed by atoms with E-state index in [1.54, 1.807) is 20.8 Å². The van der Waals surface area contributed by atoms with E-state index >= 15 is 0 Å². The van der Waals surface area contributed by atoms with Gasteiger partial charge < -0.3 is 10.1 Å². The summed E-state index contributed by atoms with van der Waals surface area (Å²) in [7, 11) is 0. The molecule has 0 aliphatic rings. The number of hydrogen-bond donors (Lipinski definition) is 1. The molecular formula is C13H15BrF3NO2. The second-order valence-corrected chi connectivity index (χ2v) is 6.09. The lowest BCUT2D eigenvalue weighted by molar-refractivity contribution is -0.156. The van der Waals surface area contributed by atoms with Crippen molar-refractivity contribution >= 4 is 22.0 Å². The van der Waals surface area contributed by atoms with Gasteiger partial charge in [-0.05, 0) is 38.5 Å². The van der Waals surface area contributed by atoms with Crippen molar-refractivity contribution < 1.29 is 22.7 Å². The highest BCUT2D eigenvalue weighted by molar-refractivity contribution is 9.10. The van der Waals surface area contributed by atoms with Gasteiger partial charge in [-0.3, -0.25) is 0 Å². The van der Waals surface area contributed by atoms with Gasteiger partial charge in [-0.25, -0.2) is 4.79 Å². The maximum atomic E-state index is 13.0. The molecule has 3 nitrogen and oxygen atoms in total. The third-order valence-electron chi connectivity index (χ3n) is 2.19. The summed E-state index contributed by atoms with van der Waals surface area (Å²) >= 11 is 3.14. The number of alkyl halides is 3. The highest BCUT2D eigenvalue weighted by Crippen LogP contribution is 2.33. The zero-order valence-electron chi connectivity index (χ0n) is 11.2. The van der Waals surface area contributed by atoms with Crippen molar-refractivity contribution in [3.8, 4) is 0 Å². The monoisotopic (exact) mass is 353 g/mol. The summed E-state index contributed by atoms with van der Waals surface area (Å²) in [5.74, 6) is 0. The van der Waals surface area contributed by atoms with E-state index in [1.165, 1.54) is 24.3 Å². The number of rotatable bonds is 2. The third kappa shape index (κ3) is 5.40. The van der Waals surface area contributed by atoms with Gasteiger partial charge >= 0.3 is 12.3 Å². The van der Waals surface area contributed by atoms with E-state index in [0.29, 0.717) is 4.47 Å². The SMILES string of the molecule is CC(C)(C)OC(=O)N[C@@H](c1ccc(Br)cc1)C(F)(F)F. The summed E-state index contributed by atoms with van der Waals surface area (Å²) < 4.78 is 44.6. The summed E-state index contributed by atoms with van der Waals surface area (Å²) in [6.45, 7) is 4.73. The Morgan fingerprint density at radius 3 is 2.10 bits per heavy atom. The smallest absolute Gasteiger partial charge is 0.412 e. The van der Waals surface area contributed by atoms with E-state index in [9.17, 15) is 18.0 Å². The lowest BCUT2D eigenvalue weighted by atomic mass is 10.1. The van der Waals surface area contributed by atoms with Crippen molar-refractivity contribution in [3.63, 3.8) is 0 Å². The number of carbonyl (C=O) groups excluding carboxylic acids is 1. The van der Waals surface area contributed by atoms with Gasteiger partial charge in [0.1, 0.15) is 5.60 Å². The topological polar surface area (TPSA) is 38.3 Å². The van der Waals surface area contributed by atoms with Crippen LogP contribution in [0.15, 0.2) is 28.7 Å². The van der Waals surface area contributed by atoms with Gasteiger partial charge in [0.2, 0.25) is 0 Å². The molecule has 1 aromatic carbocycles. The minimum atomic E-state index is -4.61. The van der Waals surface area contributed by atoms with Crippen LogP contribution < -0.4 is 5.32 Å². The molecule has 0 radical (unpaired) electrons. The van der Waals surface area contributed by atoms with Gasteiger partial charge in [0, 0.05) is 4.47 Å². The van der Waals surface area contributed by atoms with Gasteiger partial charge in [0.25, 0.3) is 0 Å². The van der Waals surface area contributed by atoms with Crippen molar-refractivity contribution in [2.45, 2.75) is 38.6 Å². The standard InChI is InChI=1S/C13H15BrF3NO2/c1-12(2,3)20-11(19)18-10(13(15,16)17)8-4-6-9(14)7-5-8/h4-7,10H,1-3H3,(H,18,19)/t10-/m0/s1. The molecule has 0 bridgehead atoms. The number of nitrogens with one attached hydrogen (secondary N) is 1. The molecule has 0 fully saturated rings. The first-order chi connectivity index (χ1) is 8.99. The number of alkyl carbamates (subject to hydrolysis) is 1. The average Bonchev–Trinajstić information content (AvgIpc) is 2.23. The molecule has 1 atom stereocenters. The lowest BCUT2D eigenvalue weighted by Gasteiger charge is -2.25. The molecule has 112 valence electrons. The third-order valence-corrected chi connectivity index (χ3v) is 2.72. The number of hydrogen-bond acceptors (Lipinski definition) is 2. The summed E-state index contributed by atoms with van der Waals surface area (Å²) in [4.78, 5) is 11.5. The Hall–Kier alpha value is -1.24.